The third-order valence-electron chi connectivity index (χ3n) is 2.16. The van der Waals surface area contributed by atoms with Crippen LogP contribution in [-0.2, 0) is 0 Å². The SMILES string of the molecule is CC(C)(C)N1C(=S)C2SSSC2C1=S. The Labute approximate surface area is 107 Å². The molecule has 0 bridgehead atoms. The molecule has 0 radical (unpaired) electrons. The van der Waals surface area contributed by atoms with E-state index in [9.17, 15) is 0 Å². The van der Waals surface area contributed by atoms with Gasteiger partial charge in [0.05, 0.1) is 20.5 Å². The molecule has 0 N–H and O–H groups in total. The molecule has 78 valence electrons. The summed E-state index contributed by atoms with van der Waals surface area (Å²) in [5, 5.41) is 0.846. The fourth-order valence-electron chi connectivity index (χ4n) is 1.57. The van der Waals surface area contributed by atoms with Gasteiger partial charge in [-0.15, -0.1) is 0 Å². The van der Waals surface area contributed by atoms with Gasteiger partial charge in [0.2, 0.25) is 0 Å². The summed E-state index contributed by atoms with van der Waals surface area (Å²) in [5.41, 5.74) is 0.0320. The first-order valence-electron chi connectivity index (χ1n) is 4.29. The molecule has 6 heteroatoms. The summed E-state index contributed by atoms with van der Waals surface area (Å²) in [6.07, 6.45) is 0. The molecule has 2 aliphatic rings. The van der Waals surface area contributed by atoms with Crippen LogP contribution in [0.2, 0.25) is 0 Å². The van der Waals surface area contributed by atoms with Crippen molar-refractivity contribution in [2.45, 2.75) is 36.8 Å². The van der Waals surface area contributed by atoms with Gasteiger partial charge in [0.15, 0.2) is 0 Å². The molecule has 2 fully saturated rings. The summed E-state index contributed by atoms with van der Waals surface area (Å²) < 4.78 is 0. The molecule has 0 spiro atoms. The first-order valence-corrected chi connectivity index (χ1v) is 8.72. The van der Waals surface area contributed by atoms with Crippen molar-refractivity contribution in [3.8, 4) is 0 Å². The Balaban J connectivity index is 2.31. The molecule has 0 saturated carbocycles. The van der Waals surface area contributed by atoms with Crippen LogP contribution in [0.15, 0.2) is 0 Å². The van der Waals surface area contributed by atoms with Crippen LogP contribution in [-0.4, -0.2) is 30.9 Å². The Kier molecular flexibility index (Phi) is 3.13. The number of rotatable bonds is 0. The maximum Gasteiger partial charge on any atom is 0.0989 e. The zero-order valence-corrected chi connectivity index (χ0v) is 12.2. The van der Waals surface area contributed by atoms with Gasteiger partial charge in [0.25, 0.3) is 0 Å². The Morgan fingerprint density at radius 1 is 1.07 bits per heavy atom. The van der Waals surface area contributed by atoms with E-state index in [2.05, 4.69) is 25.7 Å². The topological polar surface area (TPSA) is 3.24 Å². The maximum absolute atomic E-state index is 5.49. The third kappa shape index (κ3) is 1.73. The first-order chi connectivity index (χ1) is 6.43. The molecule has 0 aromatic rings. The van der Waals surface area contributed by atoms with Gasteiger partial charge in [0, 0.05) is 5.54 Å². The number of hydrogen-bond donors (Lipinski definition) is 0. The molecule has 0 amide bonds. The fraction of sp³-hybridized carbons (Fsp3) is 0.750. The van der Waals surface area contributed by atoms with Crippen LogP contribution in [0.25, 0.3) is 0 Å². The minimum Gasteiger partial charge on any atom is -0.323 e. The molecule has 2 saturated heterocycles. The standard InChI is InChI=1S/C8H11NS5/c1-8(2,3)9-6(10)4-5(7(9)11)13-14-12-4/h4-5H,1-3H3. The first kappa shape index (κ1) is 11.5. The summed E-state index contributed by atoms with van der Waals surface area (Å²) >= 11 is 11.0. The van der Waals surface area contributed by atoms with Crippen molar-refractivity contribution in [3.63, 3.8) is 0 Å². The molecule has 0 aromatic heterocycles. The van der Waals surface area contributed by atoms with E-state index in [-0.39, 0.29) is 5.54 Å². The zero-order chi connectivity index (χ0) is 10.5. The van der Waals surface area contributed by atoms with E-state index in [0.29, 0.717) is 10.5 Å². The molecule has 0 aliphatic carbocycles. The summed E-state index contributed by atoms with van der Waals surface area (Å²) in [6.45, 7) is 6.49. The average molecular weight is 282 g/mol. The Morgan fingerprint density at radius 2 is 1.50 bits per heavy atom. The lowest BCUT2D eigenvalue weighted by atomic mass is 10.1. The molecule has 2 rings (SSSR count). The van der Waals surface area contributed by atoms with Crippen LogP contribution in [0.3, 0.4) is 0 Å². The molecular weight excluding hydrogens is 270 g/mol. The molecule has 14 heavy (non-hydrogen) atoms. The monoisotopic (exact) mass is 281 g/mol. The van der Waals surface area contributed by atoms with Crippen LogP contribution in [0.4, 0.5) is 0 Å². The molecule has 2 atom stereocenters. The second-order valence-corrected chi connectivity index (χ2v) is 9.45. The van der Waals surface area contributed by atoms with Crippen molar-refractivity contribution in [3.05, 3.63) is 0 Å². The lowest BCUT2D eigenvalue weighted by Gasteiger charge is -2.34. The van der Waals surface area contributed by atoms with Gasteiger partial charge in [-0.3, -0.25) is 0 Å². The van der Waals surface area contributed by atoms with E-state index in [1.54, 1.807) is 0 Å². The Hall–Kier alpha value is 1.03. The largest absolute Gasteiger partial charge is 0.323 e. The van der Waals surface area contributed by atoms with Crippen molar-refractivity contribution in [2.75, 3.05) is 0 Å². The van der Waals surface area contributed by atoms with Gasteiger partial charge in [-0.25, -0.2) is 0 Å². The number of hydrogen-bond acceptors (Lipinski definition) is 5. The number of likely N-dealkylation sites (tertiary alicyclic amines) is 1. The summed E-state index contributed by atoms with van der Waals surface area (Å²) in [6, 6.07) is 0. The second-order valence-electron chi connectivity index (χ2n) is 4.28. The van der Waals surface area contributed by atoms with Crippen molar-refractivity contribution < 1.29 is 0 Å². The number of fused-ring (bicyclic) bond motifs is 1. The predicted octanol–water partition coefficient (Wildman–Crippen LogP) is 3.54. The van der Waals surface area contributed by atoms with Crippen LogP contribution >= 0.6 is 55.8 Å². The van der Waals surface area contributed by atoms with E-state index < -0.39 is 0 Å². The van der Waals surface area contributed by atoms with Crippen molar-refractivity contribution in [2.24, 2.45) is 0 Å². The average Bonchev–Trinajstić information content (AvgIpc) is 2.54. The Bertz CT molecular complexity index is 273. The molecular formula is C8H11NS5. The van der Waals surface area contributed by atoms with Gasteiger partial charge in [-0.1, -0.05) is 46.0 Å². The van der Waals surface area contributed by atoms with Crippen molar-refractivity contribution in [1.29, 1.82) is 0 Å². The highest BCUT2D eigenvalue weighted by atomic mass is 33.5. The van der Waals surface area contributed by atoms with Gasteiger partial charge in [-0.2, -0.15) is 0 Å². The van der Waals surface area contributed by atoms with E-state index in [4.69, 9.17) is 24.4 Å². The second kappa shape index (κ2) is 3.80. The van der Waals surface area contributed by atoms with Crippen LogP contribution < -0.4 is 0 Å². The van der Waals surface area contributed by atoms with Gasteiger partial charge < -0.3 is 4.90 Å². The maximum atomic E-state index is 5.49. The Morgan fingerprint density at radius 3 is 1.86 bits per heavy atom. The number of nitrogens with zero attached hydrogens (tertiary/aromatic N) is 1. The highest BCUT2D eigenvalue weighted by Gasteiger charge is 2.49. The van der Waals surface area contributed by atoms with E-state index >= 15 is 0 Å². The van der Waals surface area contributed by atoms with Gasteiger partial charge in [-0.05, 0) is 30.6 Å². The van der Waals surface area contributed by atoms with E-state index in [1.807, 2.05) is 31.4 Å². The lowest BCUT2D eigenvalue weighted by molar-refractivity contribution is 0.355. The van der Waals surface area contributed by atoms with Crippen molar-refractivity contribution in [1.82, 2.24) is 4.90 Å². The van der Waals surface area contributed by atoms with E-state index in [0.717, 1.165) is 9.98 Å². The van der Waals surface area contributed by atoms with Gasteiger partial charge in [0.1, 0.15) is 0 Å². The van der Waals surface area contributed by atoms with Crippen LogP contribution in [0.1, 0.15) is 20.8 Å². The van der Waals surface area contributed by atoms with E-state index in [1.165, 1.54) is 0 Å². The van der Waals surface area contributed by atoms with Crippen LogP contribution in [0, 0.1) is 0 Å². The highest BCUT2D eigenvalue weighted by molar-refractivity contribution is 9.11. The number of thiocarbonyl (C=S) groups is 2. The lowest BCUT2D eigenvalue weighted by Crippen LogP contribution is -2.45. The van der Waals surface area contributed by atoms with Crippen LogP contribution in [0.5, 0.6) is 0 Å². The highest BCUT2D eigenvalue weighted by Crippen LogP contribution is 2.56. The zero-order valence-electron chi connectivity index (χ0n) is 8.14. The normalized spacial score (nSPS) is 32.6. The van der Waals surface area contributed by atoms with Crippen molar-refractivity contribution >= 4 is 65.8 Å². The van der Waals surface area contributed by atoms with Gasteiger partial charge >= 0.3 is 0 Å². The fourth-order valence-corrected chi connectivity index (χ4v) is 9.07. The predicted molar refractivity (Wildman–Crippen MR) is 77.1 cm³/mol. The molecule has 0 aromatic carbocycles. The molecule has 1 nitrogen and oxygen atoms in total. The third-order valence-corrected chi connectivity index (χ3v) is 8.20. The molecule has 2 heterocycles. The minimum absolute atomic E-state index is 0.0320. The summed E-state index contributed by atoms with van der Waals surface area (Å²) in [7, 11) is 5.53. The smallest absolute Gasteiger partial charge is 0.0989 e. The quantitative estimate of drug-likeness (QED) is 0.490. The summed E-state index contributed by atoms with van der Waals surface area (Å²) in [5.74, 6) is 0. The minimum atomic E-state index is 0.0320. The molecule has 2 aliphatic heterocycles. The summed E-state index contributed by atoms with van der Waals surface area (Å²) in [4.78, 5) is 4.21. The molecule has 2 unspecified atom stereocenters.